The van der Waals surface area contributed by atoms with Crippen molar-refractivity contribution in [3.63, 3.8) is 0 Å². The second kappa shape index (κ2) is 6.11. The summed E-state index contributed by atoms with van der Waals surface area (Å²) in [6.45, 7) is 0. The van der Waals surface area contributed by atoms with Gasteiger partial charge in [0.05, 0.1) is 0 Å². The van der Waals surface area contributed by atoms with E-state index in [0.717, 1.165) is 4.90 Å². The molecule has 2 rings (SSSR count). The van der Waals surface area contributed by atoms with Crippen molar-refractivity contribution in [2.24, 2.45) is 0 Å². The monoisotopic (exact) mass is 225 g/mol. The van der Waals surface area contributed by atoms with Crippen molar-refractivity contribution < 1.29 is 0 Å². The van der Waals surface area contributed by atoms with Crippen LogP contribution in [0.5, 0.6) is 0 Å². The minimum absolute atomic E-state index is 0. The summed E-state index contributed by atoms with van der Waals surface area (Å²) in [5, 5.41) is 0. The van der Waals surface area contributed by atoms with Gasteiger partial charge >= 0.3 is 0 Å². The van der Waals surface area contributed by atoms with Gasteiger partial charge in [-0.3, -0.25) is 0 Å². The van der Waals surface area contributed by atoms with Gasteiger partial charge in [0, 0.05) is 56.3 Å². The summed E-state index contributed by atoms with van der Waals surface area (Å²) in [6.07, 6.45) is 0. The van der Waals surface area contributed by atoms with E-state index in [1.807, 2.05) is 30.3 Å². The molecule has 0 spiro atoms. The summed E-state index contributed by atoms with van der Waals surface area (Å²) in [4.78, 5) is 1.000. The van der Waals surface area contributed by atoms with Gasteiger partial charge in [0.1, 0.15) is 0 Å². The van der Waals surface area contributed by atoms with Crippen molar-refractivity contribution in [3.05, 3.63) is 54.6 Å². The van der Waals surface area contributed by atoms with Gasteiger partial charge in [-0.1, -0.05) is 42.5 Å². The van der Waals surface area contributed by atoms with E-state index in [9.17, 15) is 0 Å². The number of rotatable bonds is 1. The predicted octanol–water partition coefficient (Wildman–Crippen LogP) is 3.26. The average molecular weight is 225 g/mol. The molecule has 1 radical (unpaired) electrons. The maximum absolute atomic E-state index is 4.24. The SMILES string of the molecule is Sc1ccc(-c2ccccc2)cc1.[K]. The summed E-state index contributed by atoms with van der Waals surface area (Å²) >= 11 is 4.24. The Morgan fingerprint density at radius 1 is 0.643 bits per heavy atom. The first-order chi connectivity index (χ1) is 6.36. The molecule has 2 heteroatoms. The van der Waals surface area contributed by atoms with Gasteiger partial charge in [-0.15, -0.1) is 12.6 Å². The van der Waals surface area contributed by atoms with E-state index in [4.69, 9.17) is 0 Å². The van der Waals surface area contributed by atoms with Crippen molar-refractivity contribution in [1.82, 2.24) is 0 Å². The summed E-state index contributed by atoms with van der Waals surface area (Å²) in [5.41, 5.74) is 2.48. The van der Waals surface area contributed by atoms with E-state index >= 15 is 0 Å². The fraction of sp³-hybridized carbons (Fsp3) is 0. The third kappa shape index (κ3) is 3.23. The number of benzene rings is 2. The van der Waals surface area contributed by atoms with Crippen molar-refractivity contribution in [2.75, 3.05) is 0 Å². The molecule has 0 aliphatic carbocycles. The van der Waals surface area contributed by atoms with E-state index in [-0.39, 0.29) is 51.4 Å². The van der Waals surface area contributed by atoms with Gasteiger partial charge in [-0.05, 0) is 23.3 Å². The minimum Gasteiger partial charge on any atom is -0.143 e. The maximum Gasteiger partial charge on any atom is 0.00404 e. The van der Waals surface area contributed by atoms with Crippen LogP contribution in [0.1, 0.15) is 0 Å². The summed E-state index contributed by atoms with van der Waals surface area (Å²) in [6, 6.07) is 18.5. The average Bonchev–Trinajstić information content (AvgIpc) is 2.20. The van der Waals surface area contributed by atoms with E-state index < -0.39 is 0 Å². The van der Waals surface area contributed by atoms with Gasteiger partial charge in [0.15, 0.2) is 0 Å². The molecule has 0 aliphatic heterocycles. The molecule has 0 aromatic heterocycles. The molecule has 14 heavy (non-hydrogen) atoms. The molecular formula is C12H10KS. The van der Waals surface area contributed by atoms with Gasteiger partial charge in [0.25, 0.3) is 0 Å². The fourth-order valence-electron chi connectivity index (χ4n) is 1.28. The van der Waals surface area contributed by atoms with Crippen LogP contribution in [0.25, 0.3) is 11.1 Å². The molecule has 2 aromatic rings. The molecule has 0 aliphatic rings. The Bertz CT molecular complexity index is 381. The first-order valence-corrected chi connectivity index (χ1v) is 4.65. The van der Waals surface area contributed by atoms with Crippen LogP contribution in [0, 0.1) is 0 Å². The molecule has 0 amide bonds. The topological polar surface area (TPSA) is 0 Å². The zero-order chi connectivity index (χ0) is 9.10. The minimum atomic E-state index is 0. The van der Waals surface area contributed by atoms with Crippen molar-refractivity contribution in [2.45, 2.75) is 4.90 Å². The van der Waals surface area contributed by atoms with Crippen molar-refractivity contribution in [1.29, 1.82) is 0 Å². The molecule has 0 saturated carbocycles. The molecule has 0 bridgehead atoms. The first-order valence-electron chi connectivity index (χ1n) is 4.21. The Balaban J connectivity index is 0.000000980. The van der Waals surface area contributed by atoms with E-state index in [1.54, 1.807) is 0 Å². The molecule has 0 N–H and O–H groups in total. The fourth-order valence-corrected chi connectivity index (χ4v) is 1.43. The molecular weight excluding hydrogens is 215 g/mol. The van der Waals surface area contributed by atoms with Crippen LogP contribution in [0.4, 0.5) is 0 Å². The van der Waals surface area contributed by atoms with E-state index in [2.05, 4.69) is 36.9 Å². The van der Waals surface area contributed by atoms with Crippen molar-refractivity contribution >= 4 is 64.0 Å². The second-order valence-corrected chi connectivity index (χ2v) is 3.43. The number of hydrogen-bond acceptors (Lipinski definition) is 1. The van der Waals surface area contributed by atoms with Crippen LogP contribution in [0.15, 0.2) is 59.5 Å². The van der Waals surface area contributed by atoms with Crippen LogP contribution >= 0.6 is 12.6 Å². The van der Waals surface area contributed by atoms with Crippen LogP contribution in [0.2, 0.25) is 0 Å². The van der Waals surface area contributed by atoms with Crippen LogP contribution in [-0.2, 0) is 0 Å². The normalized spacial score (nSPS) is 9.21. The number of thiol groups is 1. The van der Waals surface area contributed by atoms with Gasteiger partial charge in [-0.2, -0.15) is 0 Å². The quantitative estimate of drug-likeness (QED) is 0.559. The van der Waals surface area contributed by atoms with Gasteiger partial charge in [-0.25, -0.2) is 0 Å². The van der Waals surface area contributed by atoms with Crippen LogP contribution < -0.4 is 0 Å². The molecule has 0 saturated heterocycles. The third-order valence-electron chi connectivity index (χ3n) is 1.97. The molecule has 0 fully saturated rings. The summed E-state index contributed by atoms with van der Waals surface area (Å²) in [5.74, 6) is 0. The Kier molecular flexibility index (Phi) is 5.45. The maximum atomic E-state index is 4.24. The van der Waals surface area contributed by atoms with Gasteiger partial charge < -0.3 is 0 Å². The molecule has 0 atom stereocenters. The molecule has 2 aromatic carbocycles. The molecule has 65 valence electrons. The predicted molar refractivity (Wildman–Crippen MR) is 64.9 cm³/mol. The van der Waals surface area contributed by atoms with E-state index in [0.29, 0.717) is 0 Å². The van der Waals surface area contributed by atoms with Crippen LogP contribution in [-0.4, -0.2) is 51.4 Å². The Hall–Kier alpha value is 0.426. The Morgan fingerprint density at radius 3 is 1.71 bits per heavy atom. The zero-order valence-corrected chi connectivity index (χ0v) is 12.2. The molecule has 0 nitrogen and oxygen atoms in total. The summed E-state index contributed by atoms with van der Waals surface area (Å²) in [7, 11) is 0. The summed E-state index contributed by atoms with van der Waals surface area (Å²) < 4.78 is 0. The molecule has 0 unspecified atom stereocenters. The van der Waals surface area contributed by atoms with E-state index in [1.165, 1.54) is 11.1 Å². The standard InChI is InChI=1S/C12H10S.K/c13-12-8-6-11(7-9-12)10-4-2-1-3-5-10;/h1-9,13H;. The number of hydrogen-bond donors (Lipinski definition) is 1. The Labute approximate surface area is 133 Å². The van der Waals surface area contributed by atoms with Crippen molar-refractivity contribution in [3.8, 4) is 11.1 Å². The molecule has 0 heterocycles. The third-order valence-corrected chi connectivity index (χ3v) is 2.27. The zero-order valence-electron chi connectivity index (χ0n) is 8.14. The first kappa shape index (κ1) is 12.5. The van der Waals surface area contributed by atoms with Crippen LogP contribution in [0.3, 0.4) is 0 Å². The second-order valence-electron chi connectivity index (χ2n) is 2.91. The van der Waals surface area contributed by atoms with Gasteiger partial charge in [0.2, 0.25) is 0 Å². The Morgan fingerprint density at radius 2 is 1.14 bits per heavy atom. The smallest absolute Gasteiger partial charge is 0.00404 e. The largest absolute Gasteiger partial charge is 0.143 e.